The molecule has 0 aliphatic rings. The lowest BCUT2D eigenvalue weighted by molar-refractivity contribution is 0.0478. The van der Waals surface area contributed by atoms with Gasteiger partial charge in [-0.25, -0.2) is 9.59 Å². The van der Waals surface area contributed by atoms with Crippen LogP contribution >= 0.6 is 31.9 Å². The van der Waals surface area contributed by atoms with Gasteiger partial charge in [-0.1, -0.05) is 31.9 Å². The summed E-state index contributed by atoms with van der Waals surface area (Å²) in [6, 6.07) is 3.35. The van der Waals surface area contributed by atoms with Crippen LogP contribution in [-0.4, -0.2) is 25.2 Å². The number of rotatable bonds is 6. The number of hydrogen-bond donors (Lipinski definition) is 0. The minimum atomic E-state index is -0.515. The summed E-state index contributed by atoms with van der Waals surface area (Å²) in [7, 11) is 0. The number of carbonyl (C=O) groups is 2. The van der Waals surface area contributed by atoms with Crippen LogP contribution in [0.5, 0.6) is 0 Å². The average Bonchev–Trinajstić information content (AvgIpc) is 2.46. The molecular weight excluding hydrogens is 392 g/mol. The zero-order valence-electron chi connectivity index (χ0n) is 11.4. The summed E-state index contributed by atoms with van der Waals surface area (Å²) in [5.41, 5.74) is 2.34. The van der Waals surface area contributed by atoms with Crippen molar-refractivity contribution in [3.05, 3.63) is 34.4 Å². The Kier molecular flexibility index (Phi) is 7.23. The molecule has 0 saturated carbocycles. The number of esters is 2. The number of ether oxygens (including phenoxy) is 2. The topological polar surface area (TPSA) is 52.6 Å². The smallest absolute Gasteiger partial charge is 0.339 e. The van der Waals surface area contributed by atoms with Gasteiger partial charge in [0, 0.05) is 10.7 Å². The van der Waals surface area contributed by atoms with E-state index >= 15 is 0 Å². The Labute approximate surface area is 135 Å². The Morgan fingerprint density at radius 2 is 1.25 bits per heavy atom. The molecule has 0 saturated heterocycles. The molecular formula is C14H16Br2O4. The van der Waals surface area contributed by atoms with Gasteiger partial charge < -0.3 is 9.47 Å². The molecule has 0 amide bonds. The highest BCUT2D eigenvalue weighted by Crippen LogP contribution is 2.23. The second kappa shape index (κ2) is 8.42. The molecule has 0 aliphatic heterocycles. The summed E-state index contributed by atoms with van der Waals surface area (Å²) in [4.78, 5) is 24.0. The largest absolute Gasteiger partial charge is 0.462 e. The average molecular weight is 408 g/mol. The van der Waals surface area contributed by atoms with E-state index in [2.05, 4.69) is 31.9 Å². The van der Waals surface area contributed by atoms with Crippen LogP contribution in [0.25, 0.3) is 0 Å². The molecule has 1 aromatic rings. The minimum Gasteiger partial charge on any atom is -0.462 e. The Morgan fingerprint density at radius 3 is 1.50 bits per heavy atom. The van der Waals surface area contributed by atoms with Crippen molar-refractivity contribution in [1.29, 1.82) is 0 Å². The normalized spacial score (nSPS) is 10.2. The SMILES string of the molecule is CCOC(=O)c1cc(CBr)c(CBr)cc1C(=O)OCC. The van der Waals surface area contributed by atoms with Crippen LogP contribution in [0.1, 0.15) is 45.7 Å². The molecule has 0 radical (unpaired) electrons. The van der Waals surface area contributed by atoms with Crippen LogP contribution in [-0.2, 0) is 20.1 Å². The van der Waals surface area contributed by atoms with Gasteiger partial charge in [0.25, 0.3) is 0 Å². The quantitative estimate of drug-likeness (QED) is 0.531. The molecule has 1 aromatic carbocycles. The molecule has 0 unspecified atom stereocenters. The third-order valence-electron chi connectivity index (χ3n) is 2.62. The van der Waals surface area contributed by atoms with Crippen molar-refractivity contribution in [3.8, 4) is 0 Å². The van der Waals surface area contributed by atoms with Crippen LogP contribution in [0.15, 0.2) is 12.1 Å². The Hall–Kier alpha value is -0.880. The van der Waals surface area contributed by atoms with E-state index in [9.17, 15) is 9.59 Å². The molecule has 0 atom stereocenters. The highest BCUT2D eigenvalue weighted by molar-refractivity contribution is 9.09. The van der Waals surface area contributed by atoms with Crippen molar-refractivity contribution in [2.45, 2.75) is 24.5 Å². The summed E-state index contributed by atoms with van der Waals surface area (Å²) in [5, 5.41) is 1.17. The van der Waals surface area contributed by atoms with Crippen LogP contribution in [0.4, 0.5) is 0 Å². The van der Waals surface area contributed by atoms with Gasteiger partial charge in [0.15, 0.2) is 0 Å². The predicted octanol–water partition coefficient (Wildman–Crippen LogP) is 3.83. The Balaban J connectivity index is 3.36. The molecule has 4 nitrogen and oxygen atoms in total. The molecule has 1 rings (SSSR count). The number of hydrogen-bond acceptors (Lipinski definition) is 4. The lowest BCUT2D eigenvalue weighted by Gasteiger charge is -2.13. The van der Waals surface area contributed by atoms with E-state index in [-0.39, 0.29) is 24.3 Å². The number of benzene rings is 1. The van der Waals surface area contributed by atoms with E-state index in [1.165, 1.54) is 0 Å². The molecule has 20 heavy (non-hydrogen) atoms. The van der Waals surface area contributed by atoms with Gasteiger partial charge in [0.05, 0.1) is 24.3 Å². The van der Waals surface area contributed by atoms with Gasteiger partial charge in [-0.15, -0.1) is 0 Å². The van der Waals surface area contributed by atoms with E-state index in [4.69, 9.17) is 9.47 Å². The maximum absolute atomic E-state index is 12.0. The van der Waals surface area contributed by atoms with Gasteiger partial charge in [-0.3, -0.25) is 0 Å². The lowest BCUT2D eigenvalue weighted by Crippen LogP contribution is -2.15. The van der Waals surface area contributed by atoms with E-state index in [1.54, 1.807) is 26.0 Å². The first-order valence-electron chi connectivity index (χ1n) is 6.20. The van der Waals surface area contributed by atoms with E-state index in [0.717, 1.165) is 11.1 Å². The zero-order valence-corrected chi connectivity index (χ0v) is 14.5. The van der Waals surface area contributed by atoms with Crippen molar-refractivity contribution in [3.63, 3.8) is 0 Å². The first kappa shape index (κ1) is 17.2. The maximum Gasteiger partial charge on any atom is 0.339 e. The van der Waals surface area contributed by atoms with Crippen molar-refractivity contribution < 1.29 is 19.1 Å². The number of carbonyl (C=O) groups excluding carboxylic acids is 2. The third-order valence-corrected chi connectivity index (χ3v) is 3.83. The Morgan fingerprint density at radius 1 is 0.900 bits per heavy atom. The van der Waals surface area contributed by atoms with Gasteiger partial charge >= 0.3 is 11.9 Å². The van der Waals surface area contributed by atoms with Crippen molar-refractivity contribution in [1.82, 2.24) is 0 Å². The maximum atomic E-state index is 12.0. The molecule has 0 aliphatic carbocycles. The van der Waals surface area contributed by atoms with Crippen molar-refractivity contribution >= 4 is 43.8 Å². The van der Waals surface area contributed by atoms with Gasteiger partial charge in [-0.2, -0.15) is 0 Å². The number of alkyl halides is 2. The minimum absolute atomic E-state index is 0.240. The van der Waals surface area contributed by atoms with Crippen LogP contribution in [0.2, 0.25) is 0 Å². The van der Waals surface area contributed by atoms with Gasteiger partial charge in [-0.05, 0) is 37.1 Å². The fourth-order valence-electron chi connectivity index (χ4n) is 1.69. The summed E-state index contributed by atoms with van der Waals surface area (Å²) in [6.07, 6.45) is 0. The standard InChI is InChI=1S/C14H16Br2O4/c1-3-19-13(17)11-5-9(7-15)10(8-16)6-12(11)14(18)20-4-2/h5-6H,3-4,7-8H2,1-2H3. The zero-order chi connectivity index (χ0) is 15.1. The van der Waals surface area contributed by atoms with E-state index < -0.39 is 11.9 Å². The molecule has 0 bridgehead atoms. The summed E-state index contributed by atoms with van der Waals surface area (Å²) < 4.78 is 9.99. The lowest BCUT2D eigenvalue weighted by atomic mass is 10.00. The van der Waals surface area contributed by atoms with Crippen LogP contribution in [0.3, 0.4) is 0 Å². The molecule has 0 fully saturated rings. The van der Waals surface area contributed by atoms with E-state index in [0.29, 0.717) is 10.7 Å². The second-order valence-corrected chi connectivity index (χ2v) is 5.00. The summed E-state index contributed by atoms with van der Waals surface area (Å²) >= 11 is 6.75. The Bertz CT molecular complexity index is 455. The first-order valence-corrected chi connectivity index (χ1v) is 8.45. The fourth-order valence-corrected chi connectivity index (χ4v) is 2.74. The van der Waals surface area contributed by atoms with Crippen molar-refractivity contribution in [2.24, 2.45) is 0 Å². The van der Waals surface area contributed by atoms with Crippen LogP contribution in [0, 0.1) is 0 Å². The first-order chi connectivity index (χ1) is 9.58. The van der Waals surface area contributed by atoms with E-state index in [1.807, 2.05) is 0 Å². The highest BCUT2D eigenvalue weighted by atomic mass is 79.9. The predicted molar refractivity (Wildman–Crippen MR) is 83.6 cm³/mol. The van der Waals surface area contributed by atoms with Gasteiger partial charge in [0.2, 0.25) is 0 Å². The molecule has 110 valence electrons. The fraction of sp³-hybridized carbons (Fsp3) is 0.429. The second-order valence-electron chi connectivity index (χ2n) is 3.87. The molecule has 0 aromatic heterocycles. The monoisotopic (exact) mass is 406 g/mol. The van der Waals surface area contributed by atoms with Crippen LogP contribution < -0.4 is 0 Å². The van der Waals surface area contributed by atoms with Crippen molar-refractivity contribution in [2.75, 3.05) is 13.2 Å². The van der Waals surface area contributed by atoms with Gasteiger partial charge in [0.1, 0.15) is 0 Å². The summed E-state index contributed by atoms with van der Waals surface area (Å²) in [6.45, 7) is 3.95. The molecule has 0 heterocycles. The molecule has 0 N–H and O–H groups in total. The number of halogens is 2. The summed E-state index contributed by atoms with van der Waals surface area (Å²) in [5.74, 6) is -1.03. The molecule has 0 spiro atoms. The highest BCUT2D eigenvalue weighted by Gasteiger charge is 2.21. The molecule has 6 heteroatoms. The third kappa shape index (κ3) is 4.06.